The number of hydrogen-bond donors (Lipinski definition) is 2. The summed E-state index contributed by atoms with van der Waals surface area (Å²) < 4.78 is 57.1. The van der Waals surface area contributed by atoms with Crippen LogP contribution in [0, 0.1) is 24.7 Å². The predicted molar refractivity (Wildman–Crippen MR) is 127 cm³/mol. The second kappa shape index (κ2) is 8.89. The van der Waals surface area contributed by atoms with Crippen LogP contribution in [0.2, 0.25) is 0 Å². The zero-order chi connectivity index (χ0) is 23.8. The quantitative estimate of drug-likeness (QED) is 0.625. The number of aryl methyl sites for hydroxylation is 2. The largest absolute Gasteiger partial charge is 0.240 e. The lowest BCUT2D eigenvalue weighted by molar-refractivity contribution is 0.0821. The highest BCUT2D eigenvalue weighted by Gasteiger charge is 2.43. The molecule has 0 amide bonds. The minimum Gasteiger partial charge on any atom is -0.211 e. The van der Waals surface area contributed by atoms with Crippen LogP contribution in [0.5, 0.6) is 0 Å². The van der Waals surface area contributed by atoms with Crippen LogP contribution in [0.15, 0.2) is 58.3 Å². The van der Waals surface area contributed by atoms with E-state index in [0.717, 1.165) is 17.5 Å². The average Bonchev–Trinajstić information content (AvgIpc) is 2.65. The lowest BCUT2D eigenvalue weighted by Gasteiger charge is -2.46. The van der Waals surface area contributed by atoms with Crippen molar-refractivity contribution in [1.29, 1.82) is 0 Å². The van der Waals surface area contributed by atoms with Crippen molar-refractivity contribution < 1.29 is 16.8 Å². The molecule has 0 heterocycles. The van der Waals surface area contributed by atoms with Crippen molar-refractivity contribution in [3.63, 3.8) is 0 Å². The van der Waals surface area contributed by atoms with Crippen LogP contribution in [0.4, 0.5) is 0 Å². The van der Waals surface area contributed by atoms with E-state index in [1.165, 1.54) is 0 Å². The summed E-state index contributed by atoms with van der Waals surface area (Å²) in [5, 5.41) is 0. The van der Waals surface area contributed by atoms with Crippen LogP contribution >= 0.6 is 0 Å². The zero-order valence-corrected chi connectivity index (χ0v) is 21.1. The molecule has 0 saturated heterocycles. The maximum Gasteiger partial charge on any atom is 0.240 e. The SMILES string of the molecule is Cc1ccc(S(=O)(=O)NC[C@@]2(C)C[C@H](NS(=O)(=O)c3ccc(C)cc3)CC(C)(C)C2)cc1. The van der Waals surface area contributed by atoms with Gasteiger partial charge in [-0.25, -0.2) is 26.3 Å². The van der Waals surface area contributed by atoms with Crippen LogP contribution in [0.1, 0.15) is 51.2 Å². The minimum atomic E-state index is -3.66. The Morgan fingerprint density at radius 3 is 1.75 bits per heavy atom. The summed E-state index contributed by atoms with van der Waals surface area (Å²) in [7, 11) is -7.30. The summed E-state index contributed by atoms with van der Waals surface area (Å²) in [4.78, 5) is 0.478. The molecule has 0 radical (unpaired) electrons. The van der Waals surface area contributed by atoms with Crippen LogP contribution in [0.25, 0.3) is 0 Å². The molecule has 0 aliphatic heterocycles. The fourth-order valence-corrected chi connectivity index (χ4v) is 7.36. The molecule has 0 spiro atoms. The Labute approximate surface area is 192 Å². The second-order valence-electron chi connectivity index (χ2n) is 10.3. The van der Waals surface area contributed by atoms with Gasteiger partial charge in [0.2, 0.25) is 20.0 Å². The third kappa shape index (κ3) is 6.19. The molecule has 8 heteroatoms. The highest BCUT2D eigenvalue weighted by Crippen LogP contribution is 2.46. The van der Waals surface area contributed by atoms with Crippen molar-refractivity contribution in [2.24, 2.45) is 10.8 Å². The van der Waals surface area contributed by atoms with Crippen molar-refractivity contribution in [2.75, 3.05) is 6.54 Å². The van der Waals surface area contributed by atoms with Gasteiger partial charge in [0.1, 0.15) is 0 Å². The number of sulfonamides is 2. The maximum atomic E-state index is 12.9. The van der Waals surface area contributed by atoms with Gasteiger partial charge in [0.05, 0.1) is 9.79 Å². The van der Waals surface area contributed by atoms with E-state index in [2.05, 4.69) is 23.3 Å². The van der Waals surface area contributed by atoms with Gasteiger partial charge in [0.15, 0.2) is 0 Å². The van der Waals surface area contributed by atoms with Gasteiger partial charge >= 0.3 is 0 Å². The molecule has 2 N–H and O–H groups in total. The van der Waals surface area contributed by atoms with E-state index in [9.17, 15) is 16.8 Å². The van der Waals surface area contributed by atoms with E-state index in [1.54, 1.807) is 48.5 Å². The molecule has 1 fully saturated rings. The molecule has 0 bridgehead atoms. The molecule has 0 aromatic heterocycles. The Balaban J connectivity index is 1.75. The predicted octanol–water partition coefficient (Wildman–Crippen LogP) is 4.15. The topological polar surface area (TPSA) is 92.3 Å². The summed E-state index contributed by atoms with van der Waals surface area (Å²) in [5.41, 5.74) is 1.47. The first-order chi connectivity index (χ1) is 14.7. The molecule has 0 unspecified atom stereocenters. The minimum absolute atomic E-state index is 0.136. The molecule has 2 aromatic carbocycles. The summed E-state index contributed by atoms with van der Waals surface area (Å²) >= 11 is 0. The van der Waals surface area contributed by atoms with E-state index in [-0.39, 0.29) is 33.2 Å². The Morgan fingerprint density at radius 2 is 1.25 bits per heavy atom. The highest BCUT2D eigenvalue weighted by atomic mass is 32.2. The van der Waals surface area contributed by atoms with Crippen molar-refractivity contribution in [3.05, 3.63) is 59.7 Å². The van der Waals surface area contributed by atoms with Gasteiger partial charge in [-0.1, -0.05) is 56.2 Å². The van der Waals surface area contributed by atoms with Crippen LogP contribution in [-0.2, 0) is 20.0 Å². The highest BCUT2D eigenvalue weighted by molar-refractivity contribution is 7.89. The van der Waals surface area contributed by atoms with Crippen molar-refractivity contribution in [2.45, 2.75) is 69.7 Å². The third-order valence-corrected chi connectivity index (χ3v) is 9.07. The Morgan fingerprint density at radius 1 is 0.781 bits per heavy atom. The van der Waals surface area contributed by atoms with Gasteiger partial charge in [-0.3, -0.25) is 0 Å². The molecule has 176 valence electrons. The molecule has 2 aromatic rings. The van der Waals surface area contributed by atoms with Gasteiger partial charge in [0, 0.05) is 12.6 Å². The average molecular weight is 479 g/mol. The first kappa shape index (κ1) is 24.9. The second-order valence-corrected chi connectivity index (χ2v) is 13.8. The summed E-state index contributed by atoms with van der Waals surface area (Å²) in [5.74, 6) is 0. The Bertz CT molecular complexity index is 1160. The summed E-state index contributed by atoms with van der Waals surface area (Å²) in [6.45, 7) is 10.3. The van der Waals surface area contributed by atoms with Gasteiger partial charge in [-0.15, -0.1) is 0 Å². The molecule has 3 rings (SSSR count). The van der Waals surface area contributed by atoms with Crippen LogP contribution < -0.4 is 9.44 Å². The van der Waals surface area contributed by atoms with E-state index in [0.29, 0.717) is 12.8 Å². The monoisotopic (exact) mass is 478 g/mol. The fraction of sp³-hybridized carbons (Fsp3) is 0.500. The van der Waals surface area contributed by atoms with Gasteiger partial charge < -0.3 is 0 Å². The fourth-order valence-electron chi connectivity index (χ4n) is 4.93. The molecule has 2 atom stereocenters. The zero-order valence-electron chi connectivity index (χ0n) is 19.5. The van der Waals surface area contributed by atoms with E-state index < -0.39 is 20.0 Å². The maximum absolute atomic E-state index is 12.9. The molecule has 1 aliphatic carbocycles. The standard InChI is InChI=1S/C24H34N2O4S2/c1-18-6-10-21(11-7-18)31(27,28)25-17-24(5)15-20(14-23(3,4)16-24)26-32(29,30)22-12-8-19(2)9-13-22/h6-13,20,25-26H,14-17H2,1-5H3/t20-,24+/m1/s1. The lowest BCUT2D eigenvalue weighted by Crippen LogP contribution is -2.50. The Kier molecular flexibility index (Phi) is 6.92. The first-order valence-electron chi connectivity index (χ1n) is 10.9. The number of rotatable bonds is 7. The van der Waals surface area contributed by atoms with Gasteiger partial charge in [0.25, 0.3) is 0 Å². The molecule has 1 aliphatic rings. The number of nitrogens with one attached hydrogen (secondary N) is 2. The molecule has 32 heavy (non-hydrogen) atoms. The van der Waals surface area contributed by atoms with Crippen LogP contribution in [0.3, 0.4) is 0 Å². The lowest BCUT2D eigenvalue weighted by atomic mass is 9.63. The molecular formula is C24H34N2O4S2. The van der Waals surface area contributed by atoms with Crippen molar-refractivity contribution >= 4 is 20.0 Å². The van der Waals surface area contributed by atoms with Gasteiger partial charge in [-0.05, 0) is 68.2 Å². The van der Waals surface area contributed by atoms with Crippen LogP contribution in [-0.4, -0.2) is 29.4 Å². The molecule has 6 nitrogen and oxygen atoms in total. The third-order valence-electron chi connectivity index (χ3n) is 6.12. The molecular weight excluding hydrogens is 444 g/mol. The van der Waals surface area contributed by atoms with E-state index in [4.69, 9.17) is 0 Å². The molecule has 1 saturated carbocycles. The van der Waals surface area contributed by atoms with E-state index in [1.807, 2.05) is 20.8 Å². The smallest absolute Gasteiger partial charge is 0.211 e. The number of benzene rings is 2. The Hall–Kier alpha value is -1.74. The van der Waals surface area contributed by atoms with Gasteiger partial charge in [-0.2, -0.15) is 0 Å². The first-order valence-corrected chi connectivity index (χ1v) is 13.8. The normalized spacial score (nSPS) is 23.7. The van der Waals surface area contributed by atoms with Crippen molar-refractivity contribution in [3.8, 4) is 0 Å². The number of hydrogen-bond acceptors (Lipinski definition) is 4. The van der Waals surface area contributed by atoms with Crippen molar-refractivity contribution in [1.82, 2.24) is 9.44 Å². The summed E-state index contributed by atoms with van der Waals surface area (Å²) in [6.07, 6.45) is 2.04. The van der Waals surface area contributed by atoms with E-state index >= 15 is 0 Å². The summed E-state index contributed by atoms with van der Waals surface area (Å²) in [6, 6.07) is 13.3.